The van der Waals surface area contributed by atoms with Gasteiger partial charge in [0.25, 0.3) is 0 Å². The van der Waals surface area contributed by atoms with Gasteiger partial charge in [0, 0.05) is 11.9 Å². The number of fused-ring (bicyclic) bond motifs is 1. The molecule has 1 heterocycles. The van der Waals surface area contributed by atoms with Crippen molar-refractivity contribution in [2.45, 2.75) is 13.8 Å². The van der Waals surface area contributed by atoms with Crippen molar-refractivity contribution in [3.63, 3.8) is 0 Å². The molecular formula is C13H17N3O. The summed E-state index contributed by atoms with van der Waals surface area (Å²) in [6, 6.07) is 9.59. The molecule has 90 valence electrons. The SMILES string of the molecule is CCNc1cc2ccccc2[n+]([O-])c1NCC. The summed E-state index contributed by atoms with van der Waals surface area (Å²) in [5.74, 6) is 0.591. The van der Waals surface area contributed by atoms with Crippen LogP contribution in [0.1, 0.15) is 13.8 Å². The molecule has 0 spiro atoms. The van der Waals surface area contributed by atoms with Gasteiger partial charge in [0.15, 0.2) is 0 Å². The van der Waals surface area contributed by atoms with Crippen LogP contribution in [-0.2, 0) is 0 Å². The number of anilines is 2. The lowest BCUT2D eigenvalue weighted by atomic mass is 10.2. The first kappa shape index (κ1) is 11.5. The van der Waals surface area contributed by atoms with Crippen LogP contribution in [-0.4, -0.2) is 13.1 Å². The quantitative estimate of drug-likeness (QED) is 0.627. The molecule has 0 aliphatic rings. The van der Waals surface area contributed by atoms with Crippen LogP contribution in [0.4, 0.5) is 11.5 Å². The summed E-state index contributed by atoms with van der Waals surface area (Å²) in [6.45, 7) is 5.50. The second kappa shape index (κ2) is 4.91. The normalized spacial score (nSPS) is 10.5. The van der Waals surface area contributed by atoms with E-state index < -0.39 is 0 Å². The summed E-state index contributed by atoms with van der Waals surface area (Å²) in [6.07, 6.45) is 0. The van der Waals surface area contributed by atoms with E-state index in [4.69, 9.17) is 0 Å². The number of pyridine rings is 1. The molecule has 0 saturated heterocycles. The summed E-state index contributed by atoms with van der Waals surface area (Å²) >= 11 is 0. The van der Waals surface area contributed by atoms with E-state index >= 15 is 0 Å². The number of nitrogens with one attached hydrogen (secondary N) is 2. The van der Waals surface area contributed by atoms with Crippen LogP contribution < -0.4 is 15.4 Å². The van der Waals surface area contributed by atoms with Gasteiger partial charge in [0.2, 0.25) is 0 Å². The molecule has 4 nitrogen and oxygen atoms in total. The lowest BCUT2D eigenvalue weighted by Crippen LogP contribution is -2.33. The van der Waals surface area contributed by atoms with Crippen molar-refractivity contribution in [1.82, 2.24) is 0 Å². The molecule has 0 amide bonds. The number of hydrogen-bond donors (Lipinski definition) is 2. The van der Waals surface area contributed by atoms with E-state index in [-0.39, 0.29) is 0 Å². The Bertz CT molecular complexity index is 525. The van der Waals surface area contributed by atoms with Crippen LogP contribution in [0.2, 0.25) is 0 Å². The number of para-hydroxylation sites is 1. The highest BCUT2D eigenvalue weighted by Gasteiger charge is 2.13. The van der Waals surface area contributed by atoms with Crippen molar-refractivity contribution < 1.29 is 4.73 Å². The highest BCUT2D eigenvalue weighted by atomic mass is 16.5. The molecule has 2 aromatic rings. The monoisotopic (exact) mass is 231 g/mol. The van der Waals surface area contributed by atoms with Crippen LogP contribution in [0.15, 0.2) is 30.3 Å². The fourth-order valence-corrected chi connectivity index (χ4v) is 1.91. The largest absolute Gasteiger partial charge is 0.710 e. The molecule has 0 aliphatic heterocycles. The van der Waals surface area contributed by atoms with Crippen LogP contribution in [0.25, 0.3) is 10.9 Å². The minimum absolute atomic E-state index is 0.591. The average Bonchev–Trinajstić information content (AvgIpc) is 2.34. The van der Waals surface area contributed by atoms with Gasteiger partial charge in [0.05, 0.1) is 6.54 Å². The Morgan fingerprint density at radius 1 is 1.12 bits per heavy atom. The molecule has 0 saturated carbocycles. The van der Waals surface area contributed by atoms with Crippen LogP contribution in [0.5, 0.6) is 0 Å². The zero-order valence-electron chi connectivity index (χ0n) is 10.2. The summed E-state index contributed by atoms with van der Waals surface area (Å²) in [5.41, 5.74) is 1.54. The van der Waals surface area contributed by atoms with Gasteiger partial charge >= 0.3 is 5.82 Å². The van der Waals surface area contributed by atoms with Gasteiger partial charge in [-0.2, -0.15) is 0 Å². The number of benzene rings is 1. The van der Waals surface area contributed by atoms with Crippen molar-refractivity contribution in [1.29, 1.82) is 0 Å². The zero-order chi connectivity index (χ0) is 12.3. The molecule has 17 heavy (non-hydrogen) atoms. The molecule has 0 atom stereocenters. The van der Waals surface area contributed by atoms with Gasteiger partial charge < -0.3 is 10.5 Å². The Labute approximate surface area is 101 Å². The molecule has 2 N–H and O–H groups in total. The Morgan fingerprint density at radius 3 is 2.53 bits per heavy atom. The third kappa shape index (κ3) is 2.11. The Kier molecular flexibility index (Phi) is 3.32. The third-order valence-electron chi connectivity index (χ3n) is 2.63. The molecule has 0 bridgehead atoms. The molecule has 4 heteroatoms. The highest BCUT2D eigenvalue weighted by molar-refractivity contribution is 5.82. The summed E-state index contributed by atoms with van der Waals surface area (Å²) in [5, 5.41) is 19.5. The van der Waals surface area contributed by atoms with Crippen molar-refractivity contribution in [3.8, 4) is 0 Å². The maximum absolute atomic E-state index is 12.2. The lowest BCUT2D eigenvalue weighted by molar-refractivity contribution is -0.561. The Morgan fingerprint density at radius 2 is 1.82 bits per heavy atom. The van der Waals surface area contributed by atoms with E-state index in [0.29, 0.717) is 11.3 Å². The molecule has 1 aromatic carbocycles. The van der Waals surface area contributed by atoms with Gasteiger partial charge in [-0.3, -0.25) is 5.32 Å². The van der Waals surface area contributed by atoms with Gasteiger partial charge in [-0.05, 0) is 26.0 Å². The third-order valence-corrected chi connectivity index (χ3v) is 2.63. The first-order chi connectivity index (χ1) is 8.27. The summed E-state index contributed by atoms with van der Waals surface area (Å²) in [4.78, 5) is 0. The van der Waals surface area contributed by atoms with E-state index in [1.807, 2.05) is 44.2 Å². The number of hydrogen-bond acceptors (Lipinski definition) is 3. The van der Waals surface area contributed by atoms with Gasteiger partial charge in [-0.1, -0.05) is 18.2 Å². The second-order valence-electron chi connectivity index (χ2n) is 3.82. The minimum atomic E-state index is 0.591. The molecule has 0 aliphatic carbocycles. The molecule has 0 fully saturated rings. The van der Waals surface area contributed by atoms with Crippen molar-refractivity contribution >= 4 is 22.4 Å². The summed E-state index contributed by atoms with van der Waals surface area (Å²) < 4.78 is 0.955. The molecule has 2 rings (SSSR count). The first-order valence-electron chi connectivity index (χ1n) is 5.91. The molecule has 0 radical (unpaired) electrons. The predicted molar refractivity (Wildman–Crippen MR) is 71.2 cm³/mol. The van der Waals surface area contributed by atoms with Crippen LogP contribution in [0, 0.1) is 5.21 Å². The maximum Gasteiger partial charge on any atom is 0.301 e. The van der Waals surface area contributed by atoms with Crippen molar-refractivity contribution in [2.75, 3.05) is 23.7 Å². The number of rotatable bonds is 4. The molecule has 0 unspecified atom stereocenters. The number of nitrogens with zero attached hydrogens (tertiary/aromatic N) is 1. The van der Waals surface area contributed by atoms with Gasteiger partial charge in [0.1, 0.15) is 11.2 Å². The minimum Gasteiger partial charge on any atom is -0.710 e. The number of aromatic nitrogens is 1. The smallest absolute Gasteiger partial charge is 0.301 e. The second-order valence-corrected chi connectivity index (χ2v) is 3.82. The zero-order valence-corrected chi connectivity index (χ0v) is 10.2. The fraction of sp³-hybridized carbons (Fsp3) is 0.308. The van der Waals surface area contributed by atoms with E-state index in [1.165, 1.54) is 0 Å². The highest BCUT2D eigenvalue weighted by Crippen LogP contribution is 2.22. The van der Waals surface area contributed by atoms with E-state index in [2.05, 4.69) is 10.6 Å². The molecule has 1 aromatic heterocycles. The lowest BCUT2D eigenvalue weighted by Gasteiger charge is -2.16. The van der Waals surface area contributed by atoms with Gasteiger partial charge in [-0.15, -0.1) is 0 Å². The summed E-state index contributed by atoms with van der Waals surface area (Å²) in [7, 11) is 0. The topological polar surface area (TPSA) is 51.0 Å². The van der Waals surface area contributed by atoms with Gasteiger partial charge in [-0.25, -0.2) is 4.73 Å². The average molecular weight is 231 g/mol. The fourth-order valence-electron chi connectivity index (χ4n) is 1.91. The Balaban J connectivity index is 2.65. The Hall–Kier alpha value is -1.97. The van der Waals surface area contributed by atoms with E-state index in [9.17, 15) is 5.21 Å². The predicted octanol–water partition coefficient (Wildman–Crippen LogP) is 2.34. The van der Waals surface area contributed by atoms with E-state index in [1.54, 1.807) is 0 Å². The van der Waals surface area contributed by atoms with Crippen molar-refractivity contribution in [3.05, 3.63) is 35.5 Å². The standard InChI is InChI=1S/C13H17N3O/c1-3-14-11-9-10-7-5-6-8-12(10)16(17)13(11)15-4-2/h5-9,14-15H,3-4H2,1-2H3. The van der Waals surface area contributed by atoms with E-state index in [0.717, 1.165) is 28.9 Å². The van der Waals surface area contributed by atoms with Crippen LogP contribution in [0.3, 0.4) is 0 Å². The van der Waals surface area contributed by atoms with Crippen molar-refractivity contribution in [2.24, 2.45) is 0 Å². The first-order valence-corrected chi connectivity index (χ1v) is 5.91. The molecular weight excluding hydrogens is 214 g/mol. The van der Waals surface area contributed by atoms with Crippen LogP contribution >= 0.6 is 0 Å². The maximum atomic E-state index is 12.2.